The number of fused-ring (bicyclic) bond motifs is 1. The molecule has 0 radical (unpaired) electrons. The fraction of sp³-hybridized carbons (Fsp3) is 0.476. The molecule has 0 unspecified atom stereocenters. The molecule has 2 aromatic rings. The van der Waals surface area contributed by atoms with Gasteiger partial charge in [-0.1, -0.05) is 18.6 Å². The van der Waals surface area contributed by atoms with Crippen LogP contribution < -0.4 is 4.90 Å². The maximum absolute atomic E-state index is 10.7. The number of hydrogen-bond donors (Lipinski definition) is 2. The van der Waals surface area contributed by atoms with Crippen molar-refractivity contribution in [1.29, 1.82) is 5.26 Å². The van der Waals surface area contributed by atoms with Gasteiger partial charge in [0.1, 0.15) is 29.0 Å². The second-order valence-electron chi connectivity index (χ2n) is 7.59. The lowest BCUT2D eigenvalue weighted by Gasteiger charge is -2.36. The average molecular weight is 394 g/mol. The van der Waals surface area contributed by atoms with Crippen LogP contribution in [0.4, 0.5) is 5.69 Å². The predicted octanol–water partition coefficient (Wildman–Crippen LogP) is 2.32. The van der Waals surface area contributed by atoms with Crippen molar-refractivity contribution in [2.75, 3.05) is 37.6 Å². The quantitative estimate of drug-likeness (QED) is 0.606. The highest BCUT2D eigenvalue weighted by Crippen LogP contribution is 2.27. The molecule has 29 heavy (non-hydrogen) atoms. The molecular formula is C21H26N6O2. The summed E-state index contributed by atoms with van der Waals surface area (Å²) >= 11 is 0. The first kappa shape index (κ1) is 19.3. The monoisotopic (exact) mass is 394 g/mol. The summed E-state index contributed by atoms with van der Waals surface area (Å²) in [4.78, 5) is 4.25. The molecule has 8 nitrogen and oxygen atoms in total. The van der Waals surface area contributed by atoms with Crippen molar-refractivity contribution in [3.8, 4) is 11.8 Å². The lowest BCUT2D eigenvalue weighted by molar-refractivity contribution is 0.238. The number of aliphatic hydroxyl groups is 1. The summed E-state index contributed by atoms with van der Waals surface area (Å²) in [6, 6.07) is 9.47. The highest BCUT2D eigenvalue weighted by molar-refractivity contribution is 5.74. The van der Waals surface area contributed by atoms with Crippen LogP contribution in [-0.2, 0) is 13.0 Å². The number of nitriles is 1. The largest absolute Gasteiger partial charge is 0.509 e. The molecule has 2 aliphatic heterocycles. The van der Waals surface area contributed by atoms with E-state index in [1.807, 2.05) is 22.8 Å². The van der Waals surface area contributed by atoms with Gasteiger partial charge in [-0.2, -0.15) is 5.26 Å². The third-order valence-electron chi connectivity index (χ3n) is 5.70. The first-order chi connectivity index (χ1) is 14.2. The van der Waals surface area contributed by atoms with Crippen LogP contribution in [0.3, 0.4) is 0 Å². The van der Waals surface area contributed by atoms with Crippen molar-refractivity contribution >= 4 is 11.3 Å². The molecule has 0 spiro atoms. The molecule has 152 valence electrons. The zero-order valence-electron chi connectivity index (χ0n) is 16.5. The summed E-state index contributed by atoms with van der Waals surface area (Å²) in [6.07, 6.45) is 4.12. The molecule has 0 amide bonds. The van der Waals surface area contributed by atoms with Gasteiger partial charge in [0.25, 0.3) is 0 Å². The molecule has 0 bridgehead atoms. The molecule has 1 saturated heterocycles. The average Bonchev–Trinajstić information content (AvgIpc) is 2.97. The number of para-hydroxylation sites is 2. The van der Waals surface area contributed by atoms with Gasteiger partial charge in [0, 0.05) is 39.1 Å². The van der Waals surface area contributed by atoms with Crippen molar-refractivity contribution in [3.63, 3.8) is 0 Å². The summed E-state index contributed by atoms with van der Waals surface area (Å²) in [7, 11) is 0. The van der Waals surface area contributed by atoms with Gasteiger partial charge in [-0.25, -0.2) is 0 Å². The number of phenolic OH excluding ortho intramolecular Hbond substituents is 1. The van der Waals surface area contributed by atoms with E-state index in [2.05, 4.69) is 26.1 Å². The van der Waals surface area contributed by atoms with Gasteiger partial charge in [-0.3, -0.25) is 4.90 Å². The van der Waals surface area contributed by atoms with E-state index >= 15 is 0 Å². The van der Waals surface area contributed by atoms with Gasteiger partial charge in [0.05, 0.1) is 12.2 Å². The van der Waals surface area contributed by atoms with Crippen molar-refractivity contribution in [2.45, 2.75) is 32.2 Å². The van der Waals surface area contributed by atoms with Gasteiger partial charge in [0.2, 0.25) is 0 Å². The van der Waals surface area contributed by atoms with Crippen LogP contribution in [-0.4, -0.2) is 62.6 Å². The molecule has 0 atom stereocenters. The lowest BCUT2D eigenvalue weighted by Crippen LogP contribution is -2.47. The van der Waals surface area contributed by atoms with Crippen molar-refractivity contribution in [3.05, 3.63) is 41.7 Å². The Morgan fingerprint density at radius 1 is 1.03 bits per heavy atom. The Balaban J connectivity index is 1.45. The number of phenols is 1. The van der Waals surface area contributed by atoms with Crippen molar-refractivity contribution in [2.24, 2.45) is 0 Å². The van der Waals surface area contributed by atoms with E-state index in [9.17, 15) is 15.5 Å². The Labute approximate surface area is 170 Å². The molecule has 0 aliphatic carbocycles. The first-order valence-electron chi connectivity index (χ1n) is 10.2. The van der Waals surface area contributed by atoms with Gasteiger partial charge >= 0.3 is 0 Å². The van der Waals surface area contributed by atoms with Crippen LogP contribution in [0.15, 0.2) is 30.0 Å². The standard InChI is InChI=1S/C21H26N6O2/c22-14-16(21-24-23-20-8-2-1-5-9-27(20)21)19(29)15-25-10-12-26(13-11-25)17-6-3-4-7-18(17)28/h3-4,6-7,28-29H,1-2,5,8-13,15H2/b19-16-. The van der Waals surface area contributed by atoms with Gasteiger partial charge in [-0.05, 0) is 25.0 Å². The SMILES string of the molecule is N#C/C(=C(/O)CN1CCN(c2ccccc2O)CC1)c1nnc2n1CCCCC2. The fourth-order valence-corrected chi connectivity index (χ4v) is 4.08. The highest BCUT2D eigenvalue weighted by atomic mass is 16.3. The minimum absolute atomic E-state index is 0.0444. The smallest absolute Gasteiger partial charge is 0.178 e. The van der Waals surface area contributed by atoms with Crippen LogP contribution in [0.5, 0.6) is 5.75 Å². The van der Waals surface area contributed by atoms with E-state index in [0.29, 0.717) is 12.4 Å². The van der Waals surface area contributed by atoms with Gasteiger partial charge in [0.15, 0.2) is 5.82 Å². The van der Waals surface area contributed by atoms with Crippen LogP contribution >= 0.6 is 0 Å². The Hall–Kier alpha value is -3.05. The van der Waals surface area contributed by atoms with Gasteiger partial charge < -0.3 is 19.7 Å². The highest BCUT2D eigenvalue weighted by Gasteiger charge is 2.24. The number of aryl methyl sites for hydroxylation is 1. The number of piperazine rings is 1. The number of aromatic hydroxyl groups is 1. The van der Waals surface area contributed by atoms with Crippen LogP contribution in [0.2, 0.25) is 0 Å². The Morgan fingerprint density at radius 3 is 2.59 bits per heavy atom. The number of benzene rings is 1. The number of aliphatic hydroxyl groups excluding tert-OH is 1. The predicted molar refractivity (Wildman–Crippen MR) is 109 cm³/mol. The molecule has 1 fully saturated rings. The zero-order valence-corrected chi connectivity index (χ0v) is 16.5. The van der Waals surface area contributed by atoms with Crippen molar-refractivity contribution < 1.29 is 10.2 Å². The molecule has 1 aromatic carbocycles. The zero-order chi connectivity index (χ0) is 20.2. The molecule has 2 aliphatic rings. The van der Waals surface area contributed by atoms with Crippen LogP contribution in [0.25, 0.3) is 5.57 Å². The molecule has 4 rings (SSSR count). The molecule has 3 heterocycles. The summed E-state index contributed by atoms with van der Waals surface area (Å²) in [5.74, 6) is 1.70. The number of nitrogens with zero attached hydrogens (tertiary/aromatic N) is 6. The molecule has 1 aromatic heterocycles. The third-order valence-corrected chi connectivity index (χ3v) is 5.70. The maximum Gasteiger partial charge on any atom is 0.178 e. The summed E-state index contributed by atoms with van der Waals surface area (Å²) in [5.41, 5.74) is 1.05. The number of allylic oxidation sites excluding steroid dienone is 1. The summed E-state index contributed by atoms with van der Waals surface area (Å²) in [6.45, 7) is 4.04. The minimum atomic E-state index is 0.0444. The third kappa shape index (κ3) is 4.05. The van der Waals surface area contributed by atoms with E-state index in [0.717, 1.165) is 69.9 Å². The van der Waals surface area contributed by atoms with E-state index in [4.69, 9.17) is 0 Å². The molecule has 8 heteroatoms. The second-order valence-corrected chi connectivity index (χ2v) is 7.59. The number of anilines is 1. The maximum atomic E-state index is 10.7. The van der Waals surface area contributed by atoms with Crippen LogP contribution in [0.1, 0.15) is 30.9 Å². The Bertz CT molecular complexity index is 937. The van der Waals surface area contributed by atoms with E-state index in [-0.39, 0.29) is 17.1 Å². The number of rotatable bonds is 4. The normalized spacial score (nSPS) is 18.5. The number of hydrogen-bond acceptors (Lipinski definition) is 7. The summed E-state index contributed by atoms with van der Waals surface area (Å²) in [5, 5.41) is 38.9. The lowest BCUT2D eigenvalue weighted by atomic mass is 10.2. The van der Waals surface area contributed by atoms with E-state index in [1.165, 1.54) is 0 Å². The number of aromatic nitrogens is 3. The molecule has 2 N–H and O–H groups in total. The van der Waals surface area contributed by atoms with Gasteiger partial charge in [-0.15, -0.1) is 10.2 Å². The second kappa shape index (κ2) is 8.53. The topological polar surface area (TPSA) is 101 Å². The fourth-order valence-electron chi connectivity index (χ4n) is 4.08. The van der Waals surface area contributed by atoms with E-state index in [1.54, 1.807) is 6.07 Å². The van der Waals surface area contributed by atoms with Crippen LogP contribution in [0, 0.1) is 11.3 Å². The molecular weight excluding hydrogens is 368 g/mol. The first-order valence-corrected chi connectivity index (χ1v) is 10.2. The van der Waals surface area contributed by atoms with E-state index < -0.39 is 0 Å². The Morgan fingerprint density at radius 2 is 1.83 bits per heavy atom. The Kier molecular flexibility index (Phi) is 5.67. The van der Waals surface area contributed by atoms with Crippen molar-refractivity contribution in [1.82, 2.24) is 19.7 Å². The summed E-state index contributed by atoms with van der Waals surface area (Å²) < 4.78 is 1.98. The molecule has 0 saturated carbocycles. The minimum Gasteiger partial charge on any atom is -0.509 e.